The molecule has 0 unspecified atom stereocenters. The van der Waals surface area contributed by atoms with Crippen molar-refractivity contribution in [3.8, 4) is 11.5 Å². The number of Topliss-reactive ketones (excluding diaryl/α,β-unsaturated/α-hetero) is 1. The van der Waals surface area contributed by atoms with Crippen LogP contribution in [0.2, 0.25) is 0 Å². The number of methoxy groups -OCH3 is 2. The molecular weight excluding hydrogens is 563 g/mol. The molecule has 0 radical (unpaired) electrons. The lowest BCUT2D eigenvalue weighted by atomic mass is 9.91. The number of guanidine groups is 1. The molecule has 0 aromatic heterocycles. The van der Waals surface area contributed by atoms with Crippen LogP contribution >= 0.6 is 11.8 Å². The third-order valence-corrected chi connectivity index (χ3v) is 7.14. The molecule has 0 bridgehead atoms. The van der Waals surface area contributed by atoms with Gasteiger partial charge in [0.1, 0.15) is 6.04 Å². The van der Waals surface area contributed by atoms with E-state index < -0.39 is 18.2 Å². The SMILES string of the molecule is COc1ccc(CC(=O)NC(N)=N[C@H](Cc2ccccc2)C(=O)CC2CCSCC2)cc1OC.O=C(O)C(F)(F)F. The number of alkyl halides is 3. The van der Waals surface area contributed by atoms with Gasteiger partial charge in [-0.15, -0.1) is 0 Å². The summed E-state index contributed by atoms with van der Waals surface area (Å²) in [5.74, 6) is 0.671. The molecule has 13 heteroatoms. The fourth-order valence-electron chi connectivity index (χ4n) is 4.00. The number of rotatable bonds is 10. The first-order chi connectivity index (χ1) is 19.4. The Kier molecular flexibility index (Phi) is 13.5. The molecule has 1 saturated heterocycles. The molecule has 3 rings (SSSR count). The van der Waals surface area contributed by atoms with Crippen molar-refractivity contribution in [2.75, 3.05) is 25.7 Å². The molecule has 2 aromatic carbocycles. The van der Waals surface area contributed by atoms with Gasteiger partial charge in [0.2, 0.25) is 5.91 Å². The molecule has 2 aromatic rings. The zero-order valence-electron chi connectivity index (χ0n) is 22.8. The third kappa shape index (κ3) is 12.1. The molecule has 1 fully saturated rings. The van der Waals surface area contributed by atoms with Crippen LogP contribution in [0.25, 0.3) is 0 Å². The zero-order chi connectivity index (χ0) is 30.4. The maximum absolute atomic E-state index is 13.2. The molecule has 224 valence electrons. The number of amides is 1. The van der Waals surface area contributed by atoms with E-state index in [-0.39, 0.29) is 24.1 Å². The van der Waals surface area contributed by atoms with E-state index in [1.165, 1.54) is 0 Å². The number of benzene rings is 2. The smallest absolute Gasteiger partial charge is 0.490 e. The van der Waals surface area contributed by atoms with Gasteiger partial charge < -0.3 is 20.3 Å². The number of nitrogens with two attached hydrogens (primary N) is 1. The van der Waals surface area contributed by atoms with Gasteiger partial charge in [0, 0.05) is 12.8 Å². The van der Waals surface area contributed by atoms with E-state index in [1.807, 2.05) is 42.1 Å². The summed E-state index contributed by atoms with van der Waals surface area (Å²) < 4.78 is 42.3. The third-order valence-electron chi connectivity index (χ3n) is 6.09. The topological polar surface area (TPSA) is 140 Å². The number of carbonyl (C=O) groups is 3. The van der Waals surface area contributed by atoms with Crippen LogP contribution < -0.4 is 20.5 Å². The van der Waals surface area contributed by atoms with Gasteiger partial charge in [-0.3, -0.25) is 14.9 Å². The Balaban J connectivity index is 0.000000745. The van der Waals surface area contributed by atoms with E-state index in [0.29, 0.717) is 30.3 Å². The predicted molar refractivity (Wildman–Crippen MR) is 150 cm³/mol. The van der Waals surface area contributed by atoms with Gasteiger partial charge in [-0.05, 0) is 53.5 Å². The molecule has 9 nitrogen and oxygen atoms in total. The Morgan fingerprint density at radius 2 is 1.66 bits per heavy atom. The summed E-state index contributed by atoms with van der Waals surface area (Å²) in [5, 5.41) is 9.76. The van der Waals surface area contributed by atoms with Gasteiger partial charge in [0.25, 0.3) is 0 Å². The van der Waals surface area contributed by atoms with Crippen LogP contribution in [0.3, 0.4) is 0 Å². The van der Waals surface area contributed by atoms with Crippen LogP contribution in [-0.4, -0.2) is 66.7 Å². The molecule has 0 aliphatic carbocycles. The van der Waals surface area contributed by atoms with Gasteiger partial charge in [-0.2, -0.15) is 24.9 Å². The maximum atomic E-state index is 13.2. The normalized spacial score (nSPS) is 14.7. The molecule has 1 heterocycles. The molecule has 1 aliphatic heterocycles. The number of aliphatic carboxylic acids is 1. The van der Waals surface area contributed by atoms with Gasteiger partial charge in [0.05, 0.1) is 20.6 Å². The highest BCUT2D eigenvalue weighted by Crippen LogP contribution is 2.28. The second kappa shape index (κ2) is 16.5. The summed E-state index contributed by atoms with van der Waals surface area (Å²) in [7, 11) is 3.10. The van der Waals surface area contributed by atoms with Crippen molar-refractivity contribution in [1.82, 2.24) is 5.32 Å². The van der Waals surface area contributed by atoms with Gasteiger partial charge in [-0.1, -0.05) is 36.4 Å². The molecular formula is C28H34F3N3O6S. The van der Waals surface area contributed by atoms with E-state index in [1.54, 1.807) is 32.4 Å². The average molecular weight is 598 g/mol. The zero-order valence-corrected chi connectivity index (χ0v) is 23.6. The van der Waals surface area contributed by atoms with Crippen molar-refractivity contribution in [1.29, 1.82) is 0 Å². The number of carboxylic acids is 1. The minimum absolute atomic E-state index is 0.0426. The van der Waals surface area contributed by atoms with Crippen molar-refractivity contribution in [2.24, 2.45) is 16.6 Å². The van der Waals surface area contributed by atoms with Crippen LogP contribution in [0, 0.1) is 5.92 Å². The van der Waals surface area contributed by atoms with Crippen LogP contribution in [0.15, 0.2) is 53.5 Å². The Hall–Kier alpha value is -3.74. The summed E-state index contributed by atoms with van der Waals surface area (Å²) >= 11 is 1.94. The molecule has 1 amide bonds. The first-order valence-electron chi connectivity index (χ1n) is 12.7. The van der Waals surface area contributed by atoms with E-state index in [4.69, 9.17) is 25.1 Å². The average Bonchev–Trinajstić information content (AvgIpc) is 2.93. The maximum Gasteiger partial charge on any atom is 0.490 e. The molecule has 1 aliphatic rings. The van der Waals surface area contributed by atoms with Crippen molar-refractivity contribution >= 4 is 35.4 Å². The van der Waals surface area contributed by atoms with Crippen molar-refractivity contribution in [3.63, 3.8) is 0 Å². The Labute approximate surface area is 240 Å². The number of nitrogens with zero attached hydrogens (tertiary/aromatic N) is 1. The minimum Gasteiger partial charge on any atom is -0.493 e. The number of ketones is 1. The monoisotopic (exact) mass is 597 g/mol. The lowest BCUT2D eigenvalue weighted by molar-refractivity contribution is -0.192. The number of carbonyl (C=O) groups excluding carboxylic acids is 2. The summed E-state index contributed by atoms with van der Waals surface area (Å²) in [4.78, 5) is 39.1. The van der Waals surface area contributed by atoms with Crippen molar-refractivity contribution in [3.05, 3.63) is 59.7 Å². The van der Waals surface area contributed by atoms with Gasteiger partial charge in [0.15, 0.2) is 23.2 Å². The quantitative estimate of drug-likeness (QED) is 0.276. The number of thioether (sulfide) groups is 1. The summed E-state index contributed by atoms with van der Waals surface area (Å²) in [5.41, 5.74) is 7.83. The molecule has 1 atom stereocenters. The largest absolute Gasteiger partial charge is 0.493 e. The van der Waals surface area contributed by atoms with Crippen molar-refractivity contribution in [2.45, 2.75) is 44.3 Å². The number of carboxylic acid groups (broad SMARTS) is 1. The predicted octanol–water partition coefficient (Wildman–Crippen LogP) is 4.02. The number of hydrogen-bond donors (Lipinski definition) is 3. The molecule has 0 saturated carbocycles. The summed E-state index contributed by atoms with van der Waals surface area (Å²) in [6.45, 7) is 0. The Morgan fingerprint density at radius 3 is 2.22 bits per heavy atom. The fourth-order valence-corrected chi connectivity index (χ4v) is 5.21. The van der Waals surface area contributed by atoms with Gasteiger partial charge in [-0.25, -0.2) is 9.79 Å². The van der Waals surface area contributed by atoms with Crippen LogP contribution in [-0.2, 0) is 27.2 Å². The number of hydrogen-bond acceptors (Lipinski definition) is 7. The summed E-state index contributed by atoms with van der Waals surface area (Å²) in [6, 6.07) is 14.4. The highest BCUT2D eigenvalue weighted by Gasteiger charge is 2.38. The minimum atomic E-state index is -5.08. The number of aliphatic imine (C=N–C) groups is 1. The van der Waals surface area contributed by atoms with E-state index >= 15 is 0 Å². The lowest BCUT2D eigenvalue weighted by Crippen LogP contribution is -2.40. The number of nitrogens with one attached hydrogen (secondary N) is 1. The van der Waals surface area contributed by atoms with Crippen LogP contribution in [0.1, 0.15) is 30.4 Å². The first-order valence-corrected chi connectivity index (χ1v) is 13.9. The highest BCUT2D eigenvalue weighted by molar-refractivity contribution is 7.99. The molecule has 0 spiro atoms. The molecule has 41 heavy (non-hydrogen) atoms. The van der Waals surface area contributed by atoms with E-state index in [9.17, 15) is 22.8 Å². The second-order valence-electron chi connectivity index (χ2n) is 9.16. The van der Waals surface area contributed by atoms with Crippen LogP contribution in [0.5, 0.6) is 11.5 Å². The van der Waals surface area contributed by atoms with E-state index in [2.05, 4.69) is 10.3 Å². The lowest BCUT2D eigenvalue weighted by Gasteiger charge is -2.22. The second-order valence-corrected chi connectivity index (χ2v) is 10.4. The van der Waals surface area contributed by atoms with E-state index in [0.717, 1.165) is 35.5 Å². The Bertz CT molecular complexity index is 1190. The summed E-state index contributed by atoms with van der Waals surface area (Å²) in [6.07, 6.45) is -1.94. The standard InChI is InChI=1S/C26H33N3O4S.C2HF3O2/c1-32-23-9-8-20(16-24(23)33-2)17-25(31)29-26(27)28-21(14-18-6-4-3-5-7-18)22(30)15-19-10-12-34-13-11-19;3-2(4,5)1(6)7/h3-9,16,19,21H,10-15,17H2,1-2H3,(H3,27,28,29,31);(H,6,7)/t21-;/m1./s1. The number of halogens is 3. The van der Waals surface area contributed by atoms with Crippen molar-refractivity contribution < 1.29 is 42.1 Å². The number of ether oxygens (including phenoxy) is 2. The van der Waals surface area contributed by atoms with Gasteiger partial charge >= 0.3 is 12.1 Å². The Morgan fingerprint density at radius 1 is 1.05 bits per heavy atom. The fraction of sp³-hybridized carbons (Fsp3) is 0.429. The van der Waals surface area contributed by atoms with Crippen LogP contribution in [0.4, 0.5) is 13.2 Å². The first kappa shape index (κ1) is 33.5. The molecule has 4 N–H and O–H groups in total. The highest BCUT2D eigenvalue weighted by atomic mass is 32.2.